The van der Waals surface area contributed by atoms with Gasteiger partial charge in [-0.1, -0.05) is 146 Å². The second kappa shape index (κ2) is 10.9. The van der Waals surface area contributed by atoms with Gasteiger partial charge < -0.3 is 9.13 Å². The van der Waals surface area contributed by atoms with Gasteiger partial charge in [-0.05, 0) is 90.0 Å². The molecule has 0 spiro atoms. The van der Waals surface area contributed by atoms with E-state index >= 15 is 0 Å². The normalized spacial score (nSPS) is 12.0. The smallest absolute Gasteiger partial charge is 0.0495 e. The van der Waals surface area contributed by atoms with Crippen molar-refractivity contribution in [1.82, 2.24) is 9.13 Å². The molecule has 0 fully saturated rings. The summed E-state index contributed by atoms with van der Waals surface area (Å²) in [5.41, 5.74) is 12.5. The Morgan fingerprint density at radius 2 is 0.712 bits per heavy atom. The van der Waals surface area contributed by atoms with E-state index in [-0.39, 0.29) is 0 Å². The van der Waals surface area contributed by atoms with Gasteiger partial charge in [0.15, 0.2) is 0 Å². The second-order valence-corrected chi connectivity index (χ2v) is 14.2. The van der Waals surface area contributed by atoms with E-state index in [0.717, 1.165) is 0 Å². The average Bonchev–Trinajstić information content (AvgIpc) is 3.66. The highest BCUT2D eigenvalue weighted by molar-refractivity contribution is 6.29. The first kappa shape index (κ1) is 29.1. The standard InChI is InChI=1S/C50H34N2/c1-51-45-27-25-42-41(26-28-46-50(42)44-24-22-36(30-48(44)52(46)2)40-16-8-12-33-10-4-6-14-38(33)40)49(45)43-23-21-35(29-47(43)51)31-17-19-34(20-18-31)39-15-7-11-32-9-3-5-13-37(32)39/h3-30H,1-2H3. The third kappa shape index (κ3) is 4.12. The molecule has 9 aromatic carbocycles. The van der Waals surface area contributed by atoms with Crippen LogP contribution in [0.2, 0.25) is 0 Å². The molecule has 0 aliphatic carbocycles. The molecule has 11 aromatic rings. The van der Waals surface area contributed by atoms with E-state index < -0.39 is 0 Å². The molecule has 2 nitrogen and oxygen atoms in total. The number of nitrogens with zero attached hydrogens (tertiary/aromatic N) is 2. The van der Waals surface area contributed by atoms with Gasteiger partial charge in [-0.25, -0.2) is 0 Å². The molecule has 11 rings (SSSR count). The van der Waals surface area contributed by atoms with E-state index in [4.69, 9.17) is 0 Å². The Balaban J connectivity index is 1.04. The summed E-state index contributed by atoms with van der Waals surface area (Å²) in [6.45, 7) is 0. The van der Waals surface area contributed by atoms with Gasteiger partial charge >= 0.3 is 0 Å². The van der Waals surface area contributed by atoms with E-state index in [1.165, 1.54) is 109 Å². The third-order valence-electron chi connectivity index (χ3n) is 11.6. The van der Waals surface area contributed by atoms with Gasteiger partial charge in [0.1, 0.15) is 0 Å². The molecule has 0 aliphatic heterocycles. The van der Waals surface area contributed by atoms with Crippen LogP contribution in [0.25, 0.3) is 109 Å². The molecule has 52 heavy (non-hydrogen) atoms. The van der Waals surface area contributed by atoms with Crippen LogP contribution in [-0.2, 0) is 14.1 Å². The molecule has 2 heterocycles. The Hall–Kier alpha value is -6.64. The molecule has 0 bridgehead atoms. The number of aromatic nitrogens is 2. The molecule has 2 heteroatoms. The van der Waals surface area contributed by atoms with Gasteiger partial charge in [0, 0.05) is 57.7 Å². The van der Waals surface area contributed by atoms with Crippen LogP contribution < -0.4 is 0 Å². The zero-order valence-corrected chi connectivity index (χ0v) is 29.1. The Kier molecular flexibility index (Phi) is 6.12. The summed E-state index contributed by atoms with van der Waals surface area (Å²) in [4.78, 5) is 0. The topological polar surface area (TPSA) is 9.86 Å². The summed E-state index contributed by atoms with van der Waals surface area (Å²) < 4.78 is 4.73. The molecule has 0 N–H and O–H groups in total. The number of benzene rings is 9. The zero-order valence-electron chi connectivity index (χ0n) is 29.1. The SMILES string of the molecule is Cn1c2cc(-c3ccc(-c4cccc5ccccc45)cc3)ccc2c2c3ccc4c(c3ccc21)c1ccc(-c2cccc3ccccc23)cc1n4C. The summed E-state index contributed by atoms with van der Waals surface area (Å²) in [7, 11) is 4.41. The number of fused-ring (bicyclic) bond motifs is 11. The first-order valence-corrected chi connectivity index (χ1v) is 18.1. The van der Waals surface area contributed by atoms with Gasteiger partial charge in [-0.3, -0.25) is 0 Å². The third-order valence-corrected chi connectivity index (χ3v) is 11.6. The van der Waals surface area contributed by atoms with Gasteiger partial charge in [-0.15, -0.1) is 0 Å². The Morgan fingerprint density at radius 1 is 0.288 bits per heavy atom. The van der Waals surface area contributed by atoms with E-state index in [0.29, 0.717) is 0 Å². The molecule has 0 radical (unpaired) electrons. The van der Waals surface area contributed by atoms with Crippen molar-refractivity contribution >= 4 is 75.9 Å². The number of hydrogen-bond donors (Lipinski definition) is 0. The van der Waals surface area contributed by atoms with Crippen molar-refractivity contribution in [3.8, 4) is 33.4 Å². The maximum absolute atomic E-state index is 2.37. The first-order valence-electron chi connectivity index (χ1n) is 18.1. The Bertz CT molecular complexity index is 3240. The van der Waals surface area contributed by atoms with Crippen LogP contribution in [0.1, 0.15) is 0 Å². The van der Waals surface area contributed by atoms with Gasteiger partial charge in [-0.2, -0.15) is 0 Å². The second-order valence-electron chi connectivity index (χ2n) is 14.2. The van der Waals surface area contributed by atoms with Crippen LogP contribution in [-0.4, -0.2) is 9.13 Å². The van der Waals surface area contributed by atoms with Crippen LogP contribution in [0.15, 0.2) is 170 Å². The van der Waals surface area contributed by atoms with Crippen molar-refractivity contribution in [3.05, 3.63) is 170 Å². The van der Waals surface area contributed by atoms with Crippen LogP contribution in [0.3, 0.4) is 0 Å². The molecule has 0 unspecified atom stereocenters. The monoisotopic (exact) mass is 662 g/mol. The largest absolute Gasteiger partial charge is 0.344 e. The highest BCUT2D eigenvalue weighted by Gasteiger charge is 2.18. The number of aryl methyl sites for hydroxylation is 2. The van der Waals surface area contributed by atoms with Crippen molar-refractivity contribution < 1.29 is 0 Å². The van der Waals surface area contributed by atoms with Crippen molar-refractivity contribution in [1.29, 1.82) is 0 Å². The number of rotatable bonds is 3. The minimum absolute atomic E-state index is 1.22. The van der Waals surface area contributed by atoms with Crippen molar-refractivity contribution in [2.24, 2.45) is 14.1 Å². The van der Waals surface area contributed by atoms with E-state index in [9.17, 15) is 0 Å². The quantitative estimate of drug-likeness (QED) is 0.178. The predicted octanol–water partition coefficient (Wildman–Crippen LogP) is 13.4. The fourth-order valence-electron chi connectivity index (χ4n) is 8.95. The van der Waals surface area contributed by atoms with Crippen LogP contribution in [0, 0.1) is 0 Å². The molecule has 2 aromatic heterocycles. The lowest BCUT2D eigenvalue weighted by Gasteiger charge is -2.09. The first-order chi connectivity index (χ1) is 25.6. The predicted molar refractivity (Wildman–Crippen MR) is 223 cm³/mol. The van der Waals surface area contributed by atoms with E-state index in [1.54, 1.807) is 0 Å². The van der Waals surface area contributed by atoms with Crippen LogP contribution in [0.4, 0.5) is 0 Å². The molecular weight excluding hydrogens is 629 g/mol. The molecule has 0 atom stereocenters. The maximum atomic E-state index is 2.37. The lowest BCUT2D eigenvalue weighted by Crippen LogP contribution is -1.88. The summed E-state index contributed by atoms with van der Waals surface area (Å²) >= 11 is 0. The van der Waals surface area contributed by atoms with Gasteiger partial charge in [0.25, 0.3) is 0 Å². The fourth-order valence-corrected chi connectivity index (χ4v) is 8.95. The average molecular weight is 663 g/mol. The molecule has 0 aliphatic rings. The van der Waals surface area contributed by atoms with Crippen molar-refractivity contribution in [2.75, 3.05) is 0 Å². The minimum Gasteiger partial charge on any atom is -0.344 e. The summed E-state index contributed by atoms with van der Waals surface area (Å²) in [5.74, 6) is 0. The van der Waals surface area contributed by atoms with Gasteiger partial charge in [0.05, 0.1) is 0 Å². The highest BCUT2D eigenvalue weighted by Crippen LogP contribution is 2.42. The van der Waals surface area contributed by atoms with E-state index in [1.807, 2.05) is 0 Å². The van der Waals surface area contributed by atoms with Crippen LogP contribution in [0.5, 0.6) is 0 Å². The molecular formula is C50H34N2. The van der Waals surface area contributed by atoms with Crippen molar-refractivity contribution in [3.63, 3.8) is 0 Å². The summed E-state index contributed by atoms with van der Waals surface area (Å²) in [6, 6.07) is 62.8. The summed E-state index contributed by atoms with van der Waals surface area (Å²) in [5, 5.41) is 12.9. The molecule has 0 amide bonds. The van der Waals surface area contributed by atoms with Gasteiger partial charge in [0.2, 0.25) is 0 Å². The summed E-state index contributed by atoms with van der Waals surface area (Å²) in [6.07, 6.45) is 0. The number of hydrogen-bond acceptors (Lipinski definition) is 0. The van der Waals surface area contributed by atoms with E-state index in [2.05, 4.69) is 193 Å². The Labute approximate surface area is 301 Å². The molecule has 244 valence electrons. The highest BCUT2D eigenvalue weighted by atomic mass is 14.9. The lowest BCUT2D eigenvalue weighted by molar-refractivity contribution is 1.01. The molecule has 0 saturated heterocycles. The fraction of sp³-hybridized carbons (Fsp3) is 0.0400. The molecule has 0 saturated carbocycles. The van der Waals surface area contributed by atoms with Crippen LogP contribution >= 0.6 is 0 Å². The lowest BCUT2D eigenvalue weighted by atomic mass is 9.95. The van der Waals surface area contributed by atoms with Crippen molar-refractivity contribution in [2.45, 2.75) is 0 Å². The zero-order chi connectivity index (χ0) is 34.5. The minimum atomic E-state index is 1.22. The Morgan fingerprint density at radius 3 is 1.29 bits per heavy atom. The maximum Gasteiger partial charge on any atom is 0.0495 e.